The van der Waals surface area contributed by atoms with Gasteiger partial charge in [-0.3, -0.25) is 10.1 Å². The standard InChI is InChI=1S/C19H13NO4/c21-20(22)17-8-4-3-7-15(17)9-16-12-23-18-10-13-5-1-2-6-14(13)11-19(18)24-16/h1-11H,12H2/b16-9-. The SMILES string of the molecule is O=[N+]([O-])c1ccccc1/C=C1/COc2cc3ccccc3cc2O1. The maximum atomic E-state index is 11.1. The Morgan fingerprint density at radius 2 is 1.62 bits per heavy atom. The van der Waals surface area contributed by atoms with E-state index in [0.29, 0.717) is 22.8 Å². The Labute approximate surface area is 137 Å². The highest BCUT2D eigenvalue weighted by Gasteiger charge is 2.18. The summed E-state index contributed by atoms with van der Waals surface area (Å²) in [4.78, 5) is 10.7. The minimum absolute atomic E-state index is 0.0397. The van der Waals surface area contributed by atoms with Gasteiger partial charge < -0.3 is 9.47 Å². The molecule has 0 radical (unpaired) electrons. The van der Waals surface area contributed by atoms with E-state index in [-0.39, 0.29) is 12.3 Å². The van der Waals surface area contributed by atoms with Crippen molar-refractivity contribution < 1.29 is 14.4 Å². The fourth-order valence-electron chi connectivity index (χ4n) is 2.73. The van der Waals surface area contributed by atoms with Crippen LogP contribution in [0.2, 0.25) is 0 Å². The van der Waals surface area contributed by atoms with E-state index in [0.717, 1.165) is 10.8 Å². The van der Waals surface area contributed by atoms with Gasteiger partial charge in [0.15, 0.2) is 11.5 Å². The number of hydrogen-bond acceptors (Lipinski definition) is 4. The molecule has 5 heteroatoms. The third kappa shape index (κ3) is 2.56. The van der Waals surface area contributed by atoms with Crippen molar-refractivity contribution in [2.24, 2.45) is 0 Å². The van der Waals surface area contributed by atoms with Crippen molar-refractivity contribution in [2.75, 3.05) is 6.61 Å². The van der Waals surface area contributed by atoms with E-state index in [2.05, 4.69) is 0 Å². The van der Waals surface area contributed by atoms with E-state index in [1.54, 1.807) is 24.3 Å². The minimum atomic E-state index is -0.405. The lowest BCUT2D eigenvalue weighted by Crippen LogP contribution is -2.13. The fraction of sp³-hybridized carbons (Fsp3) is 0.0526. The zero-order chi connectivity index (χ0) is 16.5. The topological polar surface area (TPSA) is 61.6 Å². The maximum absolute atomic E-state index is 11.1. The smallest absolute Gasteiger partial charge is 0.276 e. The van der Waals surface area contributed by atoms with Crippen LogP contribution in [-0.2, 0) is 0 Å². The molecule has 118 valence electrons. The van der Waals surface area contributed by atoms with E-state index in [1.807, 2.05) is 36.4 Å². The second-order valence-corrected chi connectivity index (χ2v) is 5.46. The molecule has 3 aromatic carbocycles. The highest BCUT2D eigenvalue weighted by molar-refractivity contribution is 5.86. The number of ether oxygens (including phenoxy) is 2. The normalized spacial score (nSPS) is 14.8. The van der Waals surface area contributed by atoms with Crippen LogP contribution in [0.15, 0.2) is 66.4 Å². The molecule has 5 nitrogen and oxygen atoms in total. The number of nitro groups is 1. The quantitative estimate of drug-likeness (QED) is 0.513. The number of nitrogens with zero attached hydrogens (tertiary/aromatic N) is 1. The molecule has 0 N–H and O–H groups in total. The van der Waals surface area contributed by atoms with Crippen LogP contribution >= 0.6 is 0 Å². The van der Waals surface area contributed by atoms with Crippen LogP contribution in [0, 0.1) is 10.1 Å². The maximum Gasteiger partial charge on any atom is 0.276 e. The minimum Gasteiger partial charge on any atom is -0.482 e. The van der Waals surface area contributed by atoms with Gasteiger partial charge in [-0.2, -0.15) is 0 Å². The Morgan fingerprint density at radius 1 is 0.958 bits per heavy atom. The zero-order valence-electron chi connectivity index (χ0n) is 12.6. The van der Waals surface area contributed by atoms with Gasteiger partial charge in [0.05, 0.1) is 10.5 Å². The van der Waals surface area contributed by atoms with Crippen molar-refractivity contribution in [3.05, 3.63) is 82.1 Å². The Balaban J connectivity index is 1.71. The van der Waals surface area contributed by atoms with Gasteiger partial charge in [0.2, 0.25) is 0 Å². The predicted octanol–water partition coefficient (Wildman–Crippen LogP) is 4.56. The lowest BCUT2D eigenvalue weighted by molar-refractivity contribution is -0.385. The first kappa shape index (κ1) is 14.3. The zero-order valence-corrected chi connectivity index (χ0v) is 12.6. The highest BCUT2D eigenvalue weighted by atomic mass is 16.6. The largest absolute Gasteiger partial charge is 0.482 e. The molecule has 1 aliphatic rings. The van der Waals surface area contributed by atoms with Crippen LogP contribution in [0.1, 0.15) is 5.56 Å². The molecule has 0 aliphatic carbocycles. The van der Waals surface area contributed by atoms with Crippen molar-refractivity contribution >= 4 is 22.5 Å². The number of rotatable bonds is 2. The summed E-state index contributed by atoms with van der Waals surface area (Å²) in [7, 11) is 0. The van der Waals surface area contributed by atoms with E-state index in [4.69, 9.17) is 9.47 Å². The first-order valence-corrected chi connectivity index (χ1v) is 7.48. The molecule has 0 bridgehead atoms. The van der Waals surface area contributed by atoms with Gasteiger partial charge in [-0.25, -0.2) is 0 Å². The Bertz CT molecular complexity index is 978. The van der Waals surface area contributed by atoms with Crippen LogP contribution < -0.4 is 9.47 Å². The molecule has 3 aromatic rings. The molecule has 1 aliphatic heterocycles. The van der Waals surface area contributed by atoms with Crippen molar-refractivity contribution in [1.82, 2.24) is 0 Å². The molecule has 0 fully saturated rings. The van der Waals surface area contributed by atoms with Gasteiger partial charge in [-0.1, -0.05) is 36.4 Å². The second kappa shape index (κ2) is 5.70. The van der Waals surface area contributed by atoms with Gasteiger partial charge in [-0.15, -0.1) is 0 Å². The van der Waals surface area contributed by atoms with E-state index in [1.165, 1.54) is 6.07 Å². The molecular weight excluding hydrogens is 306 g/mol. The van der Waals surface area contributed by atoms with Crippen LogP contribution in [0.5, 0.6) is 11.5 Å². The summed E-state index contributed by atoms with van der Waals surface area (Å²) in [6.07, 6.45) is 1.65. The number of nitro benzene ring substituents is 1. The number of fused-ring (bicyclic) bond motifs is 2. The summed E-state index contributed by atoms with van der Waals surface area (Å²) >= 11 is 0. The lowest BCUT2D eigenvalue weighted by atomic mass is 10.1. The average Bonchev–Trinajstić information content (AvgIpc) is 2.60. The molecule has 0 unspecified atom stereocenters. The third-order valence-corrected chi connectivity index (χ3v) is 3.87. The van der Waals surface area contributed by atoms with Gasteiger partial charge >= 0.3 is 0 Å². The number of para-hydroxylation sites is 1. The van der Waals surface area contributed by atoms with E-state index in [9.17, 15) is 10.1 Å². The summed E-state index contributed by atoms with van der Waals surface area (Å²) in [6, 6.07) is 18.3. The van der Waals surface area contributed by atoms with Crippen molar-refractivity contribution in [1.29, 1.82) is 0 Å². The molecule has 1 heterocycles. The summed E-state index contributed by atoms with van der Waals surface area (Å²) in [6.45, 7) is 0.234. The molecule has 24 heavy (non-hydrogen) atoms. The Hall–Kier alpha value is -3.34. The van der Waals surface area contributed by atoms with Gasteiger partial charge in [0, 0.05) is 6.07 Å². The first-order chi connectivity index (χ1) is 11.7. The molecule has 4 rings (SSSR count). The van der Waals surface area contributed by atoms with Gasteiger partial charge in [-0.05, 0) is 35.0 Å². The first-order valence-electron chi connectivity index (χ1n) is 7.48. The average molecular weight is 319 g/mol. The van der Waals surface area contributed by atoms with Crippen LogP contribution in [0.4, 0.5) is 5.69 Å². The van der Waals surface area contributed by atoms with Crippen molar-refractivity contribution in [3.63, 3.8) is 0 Å². The summed E-state index contributed by atoms with van der Waals surface area (Å²) in [5, 5.41) is 13.2. The molecule has 0 saturated heterocycles. The third-order valence-electron chi connectivity index (χ3n) is 3.87. The summed E-state index contributed by atoms with van der Waals surface area (Å²) in [5.41, 5.74) is 0.531. The Morgan fingerprint density at radius 3 is 2.38 bits per heavy atom. The van der Waals surface area contributed by atoms with Crippen LogP contribution in [0.25, 0.3) is 16.8 Å². The molecular formula is C19H13NO4. The highest BCUT2D eigenvalue weighted by Crippen LogP contribution is 2.37. The second-order valence-electron chi connectivity index (χ2n) is 5.46. The predicted molar refractivity (Wildman–Crippen MR) is 91.1 cm³/mol. The molecule has 0 spiro atoms. The van der Waals surface area contributed by atoms with E-state index < -0.39 is 4.92 Å². The summed E-state index contributed by atoms with van der Waals surface area (Å²) in [5.74, 6) is 1.82. The van der Waals surface area contributed by atoms with Crippen molar-refractivity contribution in [2.45, 2.75) is 0 Å². The van der Waals surface area contributed by atoms with Gasteiger partial charge in [0.1, 0.15) is 12.4 Å². The van der Waals surface area contributed by atoms with Crippen LogP contribution in [-0.4, -0.2) is 11.5 Å². The monoisotopic (exact) mass is 319 g/mol. The van der Waals surface area contributed by atoms with Crippen LogP contribution in [0.3, 0.4) is 0 Å². The summed E-state index contributed by atoms with van der Waals surface area (Å²) < 4.78 is 11.6. The molecule has 0 amide bonds. The molecule has 0 aromatic heterocycles. The molecule has 0 atom stereocenters. The number of hydrogen-bond donors (Lipinski definition) is 0. The lowest BCUT2D eigenvalue weighted by Gasteiger charge is -2.21. The molecule has 0 saturated carbocycles. The van der Waals surface area contributed by atoms with Gasteiger partial charge in [0.25, 0.3) is 5.69 Å². The number of benzene rings is 3. The Kier molecular flexibility index (Phi) is 3.39. The van der Waals surface area contributed by atoms with Crippen molar-refractivity contribution in [3.8, 4) is 11.5 Å². The fourth-order valence-corrected chi connectivity index (χ4v) is 2.73. The van der Waals surface area contributed by atoms with E-state index >= 15 is 0 Å².